The van der Waals surface area contributed by atoms with Crippen LogP contribution in [0.25, 0.3) is 4.96 Å². The van der Waals surface area contributed by atoms with E-state index in [4.69, 9.17) is 0 Å². The summed E-state index contributed by atoms with van der Waals surface area (Å²) in [4.78, 5) is 19.1. The highest BCUT2D eigenvalue weighted by atomic mass is 32.1. The van der Waals surface area contributed by atoms with Crippen molar-refractivity contribution in [2.75, 3.05) is 19.0 Å². The fraction of sp³-hybridized carbons (Fsp3) is 0.188. The first-order valence-corrected chi connectivity index (χ1v) is 8.00. The molecule has 1 aromatic carbocycles. The third-order valence-corrected chi connectivity index (χ3v) is 4.07. The van der Waals surface area contributed by atoms with Gasteiger partial charge in [-0.3, -0.25) is 9.20 Å². The molecule has 3 rings (SSSR count). The molecule has 3 aromatic rings. The largest absolute Gasteiger partial charge is 0.378 e. The predicted octanol–water partition coefficient (Wildman–Crippen LogP) is 2.15. The van der Waals surface area contributed by atoms with Crippen LogP contribution in [0.3, 0.4) is 0 Å². The number of nitrogens with one attached hydrogen (secondary N) is 1. The van der Waals surface area contributed by atoms with Crippen molar-refractivity contribution in [2.24, 2.45) is 5.10 Å². The summed E-state index contributed by atoms with van der Waals surface area (Å²) in [5.41, 5.74) is 5.31. The first kappa shape index (κ1) is 15.2. The summed E-state index contributed by atoms with van der Waals surface area (Å²) in [7, 11) is 3.98. The predicted molar refractivity (Wildman–Crippen MR) is 93.3 cm³/mol. The third-order valence-electron chi connectivity index (χ3n) is 3.30. The lowest BCUT2D eigenvalue weighted by molar-refractivity contribution is -0.120. The van der Waals surface area contributed by atoms with E-state index in [-0.39, 0.29) is 12.3 Å². The zero-order valence-electron chi connectivity index (χ0n) is 12.9. The Balaban J connectivity index is 1.54. The number of hydrogen-bond acceptors (Lipinski definition) is 5. The Morgan fingerprint density at radius 1 is 1.39 bits per heavy atom. The Morgan fingerprint density at radius 2 is 2.17 bits per heavy atom. The van der Waals surface area contributed by atoms with E-state index in [0.29, 0.717) is 0 Å². The highest BCUT2D eigenvalue weighted by molar-refractivity contribution is 7.15. The summed E-state index contributed by atoms with van der Waals surface area (Å²) in [5, 5.41) is 5.94. The Kier molecular flexibility index (Phi) is 4.38. The normalized spacial score (nSPS) is 11.2. The van der Waals surface area contributed by atoms with Gasteiger partial charge in [-0.15, -0.1) is 11.3 Å². The molecule has 0 aliphatic rings. The van der Waals surface area contributed by atoms with E-state index in [1.54, 1.807) is 17.6 Å². The highest BCUT2D eigenvalue weighted by Gasteiger charge is 2.07. The van der Waals surface area contributed by atoms with E-state index < -0.39 is 0 Å². The molecule has 0 radical (unpaired) electrons. The van der Waals surface area contributed by atoms with Gasteiger partial charge < -0.3 is 4.90 Å². The van der Waals surface area contributed by atoms with Crippen LogP contribution in [0.5, 0.6) is 0 Å². The second kappa shape index (κ2) is 6.62. The van der Waals surface area contributed by atoms with Crippen molar-refractivity contribution in [3.63, 3.8) is 0 Å². The van der Waals surface area contributed by atoms with Crippen molar-refractivity contribution in [1.82, 2.24) is 14.8 Å². The van der Waals surface area contributed by atoms with Crippen molar-refractivity contribution in [3.8, 4) is 0 Å². The van der Waals surface area contributed by atoms with Crippen LogP contribution in [-0.2, 0) is 11.2 Å². The number of hydrazone groups is 1. The van der Waals surface area contributed by atoms with E-state index in [1.165, 1.54) is 0 Å². The summed E-state index contributed by atoms with van der Waals surface area (Å²) < 4.78 is 1.91. The number of carbonyl (C=O) groups excluding carboxylic acids is 1. The van der Waals surface area contributed by atoms with E-state index in [2.05, 4.69) is 15.5 Å². The lowest BCUT2D eigenvalue weighted by atomic mass is 10.2. The fourth-order valence-electron chi connectivity index (χ4n) is 2.10. The number of anilines is 1. The molecule has 1 N–H and O–H groups in total. The summed E-state index contributed by atoms with van der Waals surface area (Å²) >= 11 is 1.54. The summed E-state index contributed by atoms with van der Waals surface area (Å²) in [6.45, 7) is 0. The second-order valence-electron chi connectivity index (χ2n) is 5.28. The van der Waals surface area contributed by atoms with E-state index in [0.717, 1.165) is 21.9 Å². The molecule has 2 heterocycles. The van der Waals surface area contributed by atoms with Gasteiger partial charge in [0.05, 0.1) is 18.3 Å². The number of thiazole rings is 1. The SMILES string of the molecule is CN(C)c1ccc(C=NNC(=O)Cc2cn3ccsc3n2)cc1. The third kappa shape index (κ3) is 3.75. The first-order valence-electron chi connectivity index (χ1n) is 7.12. The van der Waals surface area contributed by atoms with Gasteiger partial charge in [0.1, 0.15) is 0 Å². The number of hydrogen-bond donors (Lipinski definition) is 1. The molecule has 0 spiro atoms. The topological polar surface area (TPSA) is 62.0 Å². The number of fused-ring (bicyclic) bond motifs is 1. The average molecular weight is 327 g/mol. The molecule has 0 saturated heterocycles. The van der Waals surface area contributed by atoms with Gasteiger partial charge in [0.15, 0.2) is 4.96 Å². The smallest absolute Gasteiger partial charge is 0.246 e. The maximum atomic E-state index is 11.9. The fourth-order valence-corrected chi connectivity index (χ4v) is 2.82. The first-order chi connectivity index (χ1) is 11.1. The maximum absolute atomic E-state index is 11.9. The molecule has 0 atom stereocenters. The Hall–Kier alpha value is -2.67. The molecule has 0 aliphatic carbocycles. The molecule has 6 nitrogen and oxygen atoms in total. The molecular weight excluding hydrogens is 310 g/mol. The van der Waals surface area contributed by atoms with Crippen LogP contribution in [0.1, 0.15) is 11.3 Å². The molecule has 0 unspecified atom stereocenters. The van der Waals surface area contributed by atoms with Gasteiger partial charge in [0, 0.05) is 37.6 Å². The van der Waals surface area contributed by atoms with Gasteiger partial charge in [-0.25, -0.2) is 10.4 Å². The van der Waals surface area contributed by atoms with Crippen molar-refractivity contribution in [3.05, 3.63) is 53.3 Å². The quantitative estimate of drug-likeness (QED) is 0.577. The number of nitrogens with zero attached hydrogens (tertiary/aromatic N) is 4. The van der Waals surface area contributed by atoms with Crippen molar-refractivity contribution >= 4 is 34.1 Å². The second-order valence-corrected chi connectivity index (χ2v) is 6.15. The van der Waals surface area contributed by atoms with Crippen LogP contribution in [0.4, 0.5) is 5.69 Å². The van der Waals surface area contributed by atoms with Gasteiger partial charge in [-0.2, -0.15) is 5.10 Å². The minimum Gasteiger partial charge on any atom is -0.378 e. The summed E-state index contributed by atoms with van der Waals surface area (Å²) in [6.07, 6.45) is 5.62. The van der Waals surface area contributed by atoms with Gasteiger partial charge >= 0.3 is 0 Å². The van der Waals surface area contributed by atoms with Crippen LogP contribution >= 0.6 is 11.3 Å². The number of carbonyl (C=O) groups is 1. The Bertz CT molecular complexity index is 803. The zero-order valence-corrected chi connectivity index (χ0v) is 13.7. The van der Waals surface area contributed by atoms with Crippen molar-refractivity contribution in [1.29, 1.82) is 0 Å². The van der Waals surface area contributed by atoms with Crippen LogP contribution in [-0.4, -0.2) is 35.6 Å². The molecule has 0 saturated carbocycles. The average Bonchev–Trinajstić information content (AvgIpc) is 3.09. The van der Waals surface area contributed by atoms with Gasteiger partial charge in [0.2, 0.25) is 5.91 Å². The standard InChI is InChI=1S/C16H17N5OS/c1-20(2)14-5-3-12(4-6-14)10-17-19-15(22)9-13-11-21-7-8-23-16(21)18-13/h3-8,10-11H,9H2,1-2H3,(H,19,22). The molecule has 0 fully saturated rings. The monoisotopic (exact) mass is 327 g/mol. The maximum Gasteiger partial charge on any atom is 0.246 e. The minimum atomic E-state index is -0.183. The molecule has 7 heteroatoms. The van der Waals surface area contributed by atoms with E-state index >= 15 is 0 Å². The Labute approximate surface area is 138 Å². The Morgan fingerprint density at radius 3 is 2.87 bits per heavy atom. The van der Waals surface area contributed by atoms with E-state index in [1.807, 2.05) is 65.4 Å². The van der Waals surface area contributed by atoms with Crippen LogP contribution < -0.4 is 10.3 Å². The lowest BCUT2D eigenvalue weighted by Crippen LogP contribution is -2.19. The molecule has 0 aliphatic heterocycles. The molecule has 23 heavy (non-hydrogen) atoms. The molecule has 2 aromatic heterocycles. The van der Waals surface area contributed by atoms with Crippen LogP contribution in [0, 0.1) is 0 Å². The van der Waals surface area contributed by atoms with Crippen LogP contribution in [0.2, 0.25) is 0 Å². The van der Waals surface area contributed by atoms with Gasteiger partial charge in [-0.05, 0) is 17.7 Å². The van der Waals surface area contributed by atoms with Crippen molar-refractivity contribution in [2.45, 2.75) is 6.42 Å². The lowest BCUT2D eigenvalue weighted by Gasteiger charge is -2.11. The molecule has 0 bridgehead atoms. The molecular formula is C16H17N5OS. The van der Waals surface area contributed by atoms with E-state index in [9.17, 15) is 4.79 Å². The van der Waals surface area contributed by atoms with Crippen molar-refractivity contribution < 1.29 is 4.79 Å². The van der Waals surface area contributed by atoms with Gasteiger partial charge in [-0.1, -0.05) is 12.1 Å². The highest BCUT2D eigenvalue weighted by Crippen LogP contribution is 2.12. The molecule has 1 amide bonds. The minimum absolute atomic E-state index is 0.183. The number of amides is 1. The number of aromatic nitrogens is 2. The zero-order chi connectivity index (χ0) is 16.2. The van der Waals surface area contributed by atoms with Crippen LogP contribution in [0.15, 0.2) is 47.1 Å². The molecule has 118 valence electrons. The number of imidazole rings is 1. The number of rotatable bonds is 5. The summed E-state index contributed by atoms with van der Waals surface area (Å²) in [5.74, 6) is -0.183. The summed E-state index contributed by atoms with van der Waals surface area (Å²) in [6, 6.07) is 7.91. The van der Waals surface area contributed by atoms with Gasteiger partial charge in [0.25, 0.3) is 0 Å². The number of benzene rings is 1.